The number of ether oxygens (including phenoxy) is 2. The van der Waals surface area contributed by atoms with Crippen molar-refractivity contribution < 1.29 is 23.9 Å². The summed E-state index contributed by atoms with van der Waals surface area (Å²) >= 11 is 17.8. The highest BCUT2D eigenvalue weighted by Crippen LogP contribution is 2.25. The van der Waals surface area contributed by atoms with Crippen molar-refractivity contribution in [1.82, 2.24) is 10.6 Å². The van der Waals surface area contributed by atoms with E-state index in [1.165, 1.54) is 11.3 Å². The summed E-state index contributed by atoms with van der Waals surface area (Å²) in [7, 11) is 0. The molecule has 0 radical (unpaired) electrons. The van der Waals surface area contributed by atoms with Crippen LogP contribution in [0.1, 0.15) is 4.88 Å². The van der Waals surface area contributed by atoms with Crippen LogP contribution in [0.5, 0.6) is 0 Å². The van der Waals surface area contributed by atoms with Gasteiger partial charge in [0.2, 0.25) is 9.70 Å². The molecule has 1 aliphatic rings. The Morgan fingerprint density at radius 2 is 2.08 bits per heavy atom. The first-order valence-electron chi connectivity index (χ1n) is 6.73. The molecule has 132 valence electrons. The maximum absolute atomic E-state index is 11.7. The maximum Gasteiger partial charge on any atom is 0.408 e. The molecule has 1 fully saturated rings. The van der Waals surface area contributed by atoms with Crippen LogP contribution in [0.15, 0.2) is 17.5 Å². The predicted octanol–water partition coefficient (Wildman–Crippen LogP) is 1.80. The number of nitrogens with one attached hydrogen (secondary N) is 2. The molecule has 0 spiro atoms. The zero-order valence-electron chi connectivity index (χ0n) is 12.1. The number of thiophene rings is 1. The van der Waals surface area contributed by atoms with E-state index >= 15 is 0 Å². The van der Waals surface area contributed by atoms with Crippen LogP contribution in [-0.4, -0.2) is 47.1 Å². The van der Waals surface area contributed by atoms with E-state index in [9.17, 15) is 14.4 Å². The van der Waals surface area contributed by atoms with Crippen molar-refractivity contribution in [3.05, 3.63) is 22.4 Å². The number of rotatable bonds is 6. The number of hydrogen-bond acceptors (Lipinski definition) is 6. The fraction of sp³-hybridized carbons (Fsp3) is 0.462. The van der Waals surface area contributed by atoms with Gasteiger partial charge in [-0.05, 0) is 11.4 Å². The Morgan fingerprint density at radius 1 is 1.33 bits per heavy atom. The fourth-order valence-corrected chi connectivity index (χ4v) is 2.71. The average Bonchev–Trinajstić information content (AvgIpc) is 2.99. The van der Waals surface area contributed by atoms with Gasteiger partial charge in [0, 0.05) is 4.88 Å². The van der Waals surface area contributed by atoms with Gasteiger partial charge in [0.25, 0.3) is 0 Å². The molecule has 2 amide bonds. The van der Waals surface area contributed by atoms with Crippen molar-refractivity contribution in [3.8, 4) is 0 Å². The van der Waals surface area contributed by atoms with Crippen molar-refractivity contribution in [2.45, 2.75) is 22.3 Å². The van der Waals surface area contributed by atoms with Crippen molar-refractivity contribution >= 4 is 64.1 Å². The Kier molecular flexibility index (Phi) is 6.56. The standard InChI is InChI=1S/C13H13Cl3N2O5S/c14-13(15,16)6-23-12(21)18-10-8(17-11(10)20)5-22-9(19)4-7-2-1-3-24-7/h1-3,8,10H,4-6H2,(H,17,20)(H,18,21)/t8-,10+/m0/s1. The summed E-state index contributed by atoms with van der Waals surface area (Å²) in [4.78, 5) is 35.6. The van der Waals surface area contributed by atoms with Gasteiger partial charge < -0.3 is 20.1 Å². The number of esters is 1. The van der Waals surface area contributed by atoms with Crippen LogP contribution in [-0.2, 0) is 25.5 Å². The third-order valence-corrected chi connectivity index (χ3v) is 4.18. The molecule has 2 rings (SSSR count). The third-order valence-electron chi connectivity index (χ3n) is 2.98. The Morgan fingerprint density at radius 3 is 2.67 bits per heavy atom. The molecule has 1 aliphatic heterocycles. The second kappa shape index (κ2) is 8.24. The first-order chi connectivity index (χ1) is 11.2. The average molecular weight is 416 g/mol. The normalized spacial score (nSPS) is 19.9. The second-order valence-electron chi connectivity index (χ2n) is 4.87. The number of halogens is 3. The van der Waals surface area contributed by atoms with E-state index < -0.39 is 40.5 Å². The Hall–Kier alpha value is -1.22. The summed E-state index contributed by atoms with van der Waals surface area (Å²) in [6.07, 6.45) is -0.752. The van der Waals surface area contributed by atoms with Gasteiger partial charge in [-0.1, -0.05) is 40.9 Å². The molecule has 0 saturated carbocycles. The minimum Gasteiger partial charge on any atom is -0.463 e. The largest absolute Gasteiger partial charge is 0.463 e. The minimum atomic E-state index is -1.74. The quantitative estimate of drug-likeness (QED) is 0.420. The van der Waals surface area contributed by atoms with E-state index in [1.54, 1.807) is 0 Å². The predicted molar refractivity (Wildman–Crippen MR) is 89.5 cm³/mol. The summed E-state index contributed by atoms with van der Waals surface area (Å²) in [5.41, 5.74) is 0. The van der Waals surface area contributed by atoms with E-state index in [4.69, 9.17) is 39.5 Å². The monoisotopic (exact) mass is 414 g/mol. The van der Waals surface area contributed by atoms with Crippen LogP contribution in [0, 0.1) is 0 Å². The number of alkyl carbamates (subject to hydrolysis) is 1. The van der Waals surface area contributed by atoms with Gasteiger partial charge in [-0.15, -0.1) is 11.3 Å². The molecule has 1 saturated heterocycles. The third kappa shape index (κ3) is 6.01. The van der Waals surface area contributed by atoms with Crippen LogP contribution in [0.4, 0.5) is 4.79 Å². The molecule has 0 aliphatic carbocycles. The van der Waals surface area contributed by atoms with Gasteiger partial charge in [-0.3, -0.25) is 9.59 Å². The number of amides is 2. The molecule has 1 aromatic rings. The lowest BCUT2D eigenvalue weighted by molar-refractivity contribution is -0.147. The molecular formula is C13H13Cl3N2O5S. The van der Waals surface area contributed by atoms with E-state index in [0.717, 1.165) is 4.88 Å². The zero-order chi connectivity index (χ0) is 17.7. The van der Waals surface area contributed by atoms with E-state index in [0.29, 0.717) is 0 Å². The van der Waals surface area contributed by atoms with Crippen LogP contribution in [0.25, 0.3) is 0 Å². The number of carbonyl (C=O) groups is 3. The molecule has 11 heteroatoms. The van der Waals surface area contributed by atoms with Gasteiger partial charge in [-0.25, -0.2) is 4.79 Å². The molecular weight excluding hydrogens is 403 g/mol. The Balaban J connectivity index is 1.72. The lowest BCUT2D eigenvalue weighted by atomic mass is 10.0. The molecule has 2 atom stereocenters. The van der Waals surface area contributed by atoms with Crippen LogP contribution < -0.4 is 10.6 Å². The Labute approximate surface area is 156 Å². The lowest BCUT2D eigenvalue weighted by Gasteiger charge is -2.36. The summed E-state index contributed by atoms with van der Waals surface area (Å²) < 4.78 is 8.02. The molecule has 0 unspecified atom stereocenters. The van der Waals surface area contributed by atoms with Crippen molar-refractivity contribution in [1.29, 1.82) is 0 Å². The molecule has 2 heterocycles. The smallest absolute Gasteiger partial charge is 0.408 e. The summed E-state index contributed by atoms with van der Waals surface area (Å²) in [5.74, 6) is -0.837. The SMILES string of the molecule is O=C(Cc1cccs1)OC[C@@H]1NC(=O)[C@@H]1NC(=O)OCC(Cl)(Cl)Cl. The van der Waals surface area contributed by atoms with Crippen molar-refractivity contribution in [3.63, 3.8) is 0 Å². The van der Waals surface area contributed by atoms with Crippen LogP contribution in [0.2, 0.25) is 0 Å². The first kappa shape index (κ1) is 19.1. The molecule has 24 heavy (non-hydrogen) atoms. The maximum atomic E-state index is 11.7. The Bertz CT molecular complexity index is 605. The molecule has 0 bridgehead atoms. The highest BCUT2D eigenvalue weighted by molar-refractivity contribution is 7.10. The molecule has 0 aromatic carbocycles. The molecule has 7 nitrogen and oxygen atoms in total. The molecule has 1 aromatic heterocycles. The summed E-state index contributed by atoms with van der Waals surface area (Å²) in [6.45, 7) is -0.524. The van der Waals surface area contributed by atoms with Gasteiger partial charge in [0.05, 0.1) is 12.5 Å². The minimum absolute atomic E-state index is 0.0641. The van der Waals surface area contributed by atoms with Crippen LogP contribution >= 0.6 is 46.1 Å². The number of alkyl halides is 3. The summed E-state index contributed by atoms with van der Waals surface area (Å²) in [6, 6.07) is 2.25. The van der Waals surface area contributed by atoms with Gasteiger partial charge in [0.15, 0.2) is 0 Å². The van der Waals surface area contributed by atoms with Gasteiger partial charge in [0.1, 0.15) is 19.3 Å². The second-order valence-corrected chi connectivity index (χ2v) is 8.42. The zero-order valence-corrected chi connectivity index (χ0v) is 15.2. The highest BCUT2D eigenvalue weighted by atomic mass is 35.6. The lowest BCUT2D eigenvalue weighted by Crippen LogP contribution is -2.70. The first-order valence-corrected chi connectivity index (χ1v) is 8.74. The number of hydrogen-bond donors (Lipinski definition) is 2. The van der Waals surface area contributed by atoms with Crippen LogP contribution in [0.3, 0.4) is 0 Å². The highest BCUT2D eigenvalue weighted by Gasteiger charge is 2.41. The summed E-state index contributed by atoms with van der Waals surface area (Å²) in [5, 5.41) is 6.70. The van der Waals surface area contributed by atoms with E-state index in [2.05, 4.69) is 15.4 Å². The number of carbonyl (C=O) groups excluding carboxylic acids is 3. The van der Waals surface area contributed by atoms with E-state index in [-0.39, 0.29) is 13.0 Å². The topological polar surface area (TPSA) is 93.7 Å². The fourth-order valence-electron chi connectivity index (χ4n) is 1.85. The molecule has 2 N–H and O–H groups in total. The van der Waals surface area contributed by atoms with Gasteiger partial charge in [-0.2, -0.15) is 0 Å². The van der Waals surface area contributed by atoms with E-state index in [1.807, 2.05) is 17.5 Å². The van der Waals surface area contributed by atoms with Crippen molar-refractivity contribution in [2.75, 3.05) is 13.2 Å². The van der Waals surface area contributed by atoms with Gasteiger partial charge >= 0.3 is 12.1 Å². The van der Waals surface area contributed by atoms with Crippen molar-refractivity contribution in [2.24, 2.45) is 0 Å². The number of β-lactam (4-membered cyclic amide) rings is 1.